The first-order chi connectivity index (χ1) is 18.7. The van der Waals surface area contributed by atoms with E-state index in [4.69, 9.17) is 18.3 Å². The highest BCUT2D eigenvalue weighted by Gasteiger charge is 2.12. The minimum atomic E-state index is 0.559. The molecule has 5 aromatic rings. The molecule has 0 saturated carbocycles. The van der Waals surface area contributed by atoms with Gasteiger partial charge in [-0.1, -0.05) is 26.7 Å². The zero-order chi connectivity index (χ0) is 26.2. The van der Waals surface area contributed by atoms with Crippen LogP contribution >= 0.6 is 0 Å². The van der Waals surface area contributed by atoms with E-state index >= 15 is 0 Å². The van der Waals surface area contributed by atoms with Crippen molar-refractivity contribution in [1.82, 2.24) is 9.97 Å². The molecule has 0 radical (unpaired) electrons. The molecule has 3 aromatic carbocycles. The second-order valence-corrected chi connectivity index (χ2v) is 9.09. The van der Waals surface area contributed by atoms with Crippen molar-refractivity contribution in [2.75, 3.05) is 13.2 Å². The minimum Gasteiger partial charge on any atom is -0.494 e. The van der Waals surface area contributed by atoms with Gasteiger partial charge in [-0.05, 0) is 85.6 Å². The zero-order valence-electron chi connectivity index (χ0n) is 21.9. The lowest BCUT2D eigenvalue weighted by atomic mass is 10.1. The number of benzene rings is 3. The summed E-state index contributed by atoms with van der Waals surface area (Å²) in [5, 5.41) is 0. The Kier molecular flexibility index (Phi) is 8.19. The normalized spacial score (nSPS) is 11.0. The van der Waals surface area contributed by atoms with Crippen LogP contribution in [-0.4, -0.2) is 23.2 Å². The number of ether oxygens (including phenoxy) is 2. The van der Waals surface area contributed by atoms with Crippen molar-refractivity contribution in [3.05, 3.63) is 85.2 Å². The third-order valence-corrected chi connectivity index (χ3v) is 6.20. The van der Waals surface area contributed by atoms with E-state index in [9.17, 15) is 0 Å². The molecule has 0 aliphatic rings. The molecule has 0 amide bonds. The van der Waals surface area contributed by atoms with Crippen LogP contribution in [0.3, 0.4) is 0 Å². The fourth-order valence-electron chi connectivity index (χ4n) is 3.94. The minimum absolute atomic E-state index is 0.559. The standard InChI is InChI=1S/C32H32N2O4/c1-3-5-19-35-27-15-11-23(12-16-27)29-21-33-31(37-29)25-7-9-26(10-8-25)32-34-22-30(38-32)24-13-17-28(18-14-24)36-20-6-4-2/h7-18,21-22H,3-6,19-20H2,1-2H3. The molecule has 0 unspecified atom stereocenters. The summed E-state index contributed by atoms with van der Waals surface area (Å²) in [5.41, 5.74) is 3.67. The Morgan fingerprint density at radius 2 is 0.895 bits per heavy atom. The number of hydrogen-bond acceptors (Lipinski definition) is 6. The van der Waals surface area contributed by atoms with Gasteiger partial charge in [0.25, 0.3) is 0 Å². The van der Waals surface area contributed by atoms with Gasteiger partial charge in [-0.3, -0.25) is 0 Å². The van der Waals surface area contributed by atoms with E-state index in [1.807, 2.05) is 72.8 Å². The molecule has 0 aliphatic heterocycles. The Hall–Kier alpha value is -4.32. The van der Waals surface area contributed by atoms with E-state index in [0.717, 1.165) is 72.6 Å². The van der Waals surface area contributed by atoms with Gasteiger partial charge in [-0.25, -0.2) is 9.97 Å². The van der Waals surface area contributed by atoms with E-state index in [2.05, 4.69) is 23.8 Å². The first-order valence-corrected chi connectivity index (χ1v) is 13.2. The monoisotopic (exact) mass is 508 g/mol. The van der Waals surface area contributed by atoms with Crippen LogP contribution < -0.4 is 9.47 Å². The summed E-state index contributed by atoms with van der Waals surface area (Å²) in [6.45, 7) is 5.76. The summed E-state index contributed by atoms with van der Waals surface area (Å²) in [6, 6.07) is 23.6. The number of nitrogens with zero attached hydrogens (tertiary/aromatic N) is 2. The number of oxazole rings is 2. The molecule has 6 heteroatoms. The predicted octanol–water partition coefficient (Wildman–Crippen LogP) is 8.69. The SMILES string of the molecule is CCCCOc1ccc(-c2cnc(-c3ccc(-c4ncc(-c5ccc(OCCCC)cc5)o4)cc3)o2)cc1. The predicted molar refractivity (Wildman–Crippen MR) is 149 cm³/mol. The van der Waals surface area contributed by atoms with Gasteiger partial charge < -0.3 is 18.3 Å². The van der Waals surface area contributed by atoms with Crippen LogP contribution in [0, 0.1) is 0 Å². The van der Waals surface area contributed by atoms with E-state index in [1.54, 1.807) is 12.4 Å². The van der Waals surface area contributed by atoms with E-state index in [-0.39, 0.29) is 0 Å². The highest BCUT2D eigenvalue weighted by atomic mass is 16.5. The van der Waals surface area contributed by atoms with Gasteiger partial charge in [0.2, 0.25) is 11.8 Å². The van der Waals surface area contributed by atoms with Gasteiger partial charge in [0, 0.05) is 22.3 Å². The van der Waals surface area contributed by atoms with Gasteiger partial charge in [0.1, 0.15) is 11.5 Å². The topological polar surface area (TPSA) is 70.5 Å². The van der Waals surface area contributed by atoms with Gasteiger partial charge in [-0.15, -0.1) is 0 Å². The number of unbranched alkanes of at least 4 members (excludes halogenated alkanes) is 2. The fraction of sp³-hybridized carbons (Fsp3) is 0.250. The number of rotatable bonds is 12. The van der Waals surface area contributed by atoms with Crippen molar-refractivity contribution >= 4 is 0 Å². The summed E-state index contributed by atoms with van der Waals surface area (Å²) in [6.07, 6.45) is 7.82. The van der Waals surface area contributed by atoms with E-state index in [0.29, 0.717) is 23.3 Å². The summed E-state index contributed by atoms with van der Waals surface area (Å²) in [7, 11) is 0. The Morgan fingerprint density at radius 3 is 1.26 bits per heavy atom. The maximum Gasteiger partial charge on any atom is 0.226 e. The number of hydrogen-bond donors (Lipinski definition) is 0. The molecule has 0 aliphatic carbocycles. The lowest BCUT2D eigenvalue weighted by Gasteiger charge is -2.05. The Morgan fingerprint density at radius 1 is 0.526 bits per heavy atom. The summed E-state index contributed by atoms with van der Waals surface area (Å²) < 4.78 is 23.6. The van der Waals surface area contributed by atoms with Crippen LogP contribution in [0.25, 0.3) is 45.6 Å². The molecular formula is C32H32N2O4. The third kappa shape index (κ3) is 6.14. The van der Waals surface area contributed by atoms with Crippen LogP contribution in [-0.2, 0) is 0 Å². The molecule has 2 heterocycles. The van der Waals surface area contributed by atoms with Gasteiger partial charge in [-0.2, -0.15) is 0 Å². The highest BCUT2D eigenvalue weighted by Crippen LogP contribution is 2.31. The molecule has 6 nitrogen and oxygen atoms in total. The van der Waals surface area contributed by atoms with E-state index < -0.39 is 0 Å². The quantitative estimate of drug-likeness (QED) is 0.157. The molecule has 2 aromatic heterocycles. The first kappa shape index (κ1) is 25.3. The molecule has 0 atom stereocenters. The smallest absolute Gasteiger partial charge is 0.226 e. The van der Waals surface area contributed by atoms with Crippen LogP contribution in [0.5, 0.6) is 11.5 Å². The lowest BCUT2D eigenvalue weighted by Crippen LogP contribution is -1.95. The van der Waals surface area contributed by atoms with Crippen molar-refractivity contribution < 1.29 is 18.3 Å². The molecule has 5 rings (SSSR count). The average molecular weight is 509 g/mol. The summed E-state index contributed by atoms with van der Waals surface area (Å²) in [5.74, 6) is 4.27. The largest absolute Gasteiger partial charge is 0.494 e. The van der Waals surface area contributed by atoms with Crippen LogP contribution in [0.15, 0.2) is 94.0 Å². The first-order valence-electron chi connectivity index (χ1n) is 13.2. The van der Waals surface area contributed by atoms with Crippen molar-refractivity contribution in [2.45, 2.75) is 39.5 Å². The second-order valence-electron chi connectivity index (χ2n) is 9.09. The summed E-state index contributed by atoms with van der Waals surface area (Å²) in [4.78, 5) is 8.95. The third-order valence-electron chi connectivity index (χ3n) is 6.20. The second kappa shape index (κ2) is 12.3. The van der Waals surface area contributed by atoms with Crippen molar-refractivity contribution in [3.63, 3.8) is 0 Å². The van der Waals surface area contributed by atoms with Crippen LogP contribution in [0.2, 0.25) is 0 Å². The van der Waals surface area contributed by atoms with Crippen molar-refractivity contribution in [1.29, 1.82) is 0 Å². The van der Waals surface area contributed by atoms with E-state index in [1.165, 1.54) is 0 Å². The average Bonchev–Trinajstić information content (AvgIpc) is 3.65. The van der Waals surface area contributed by atoms with Crippen molar-refractivity contribution in [3.8, 4) is 57.1 Å². The lowest BCUT2D eigenvalue weighted by molar-refractivity contribution is 0.309. The molecule has 0 spiro atoms. The van der Waals surface area contributed by atoms with Gasteiger partial charge in [0.05, 0.1) is 25.6 Å². The van der Waals surface area contributed by atoms with Crippen LogP contribution in [0.1, 0.15) is 39.5 Å². The highest BCUT2D eigenvalue weighted by molar-refractivity contribution is 5.66. The fourth-order valence-corrected chi connectivity index (χ4v) is 3.94. The molecule has 38 heavy (non-hydrogen) atoms. The van der Waals surface area contributed by atoms with Crippen molar-refractivity contribution in [2.24, 2.45) is 0 Å². The van der Waals surface area contributed by atoms with Gasteiger partial charge in [0.15, 0.2) is 11.5 Å². The Bertz CT molecular complexity index is 1310. The molecule has 0 bridgehead atoms. The molecular weight excluding hydrogens is 476 g/mol. The maximum atomic E-state index is 6.04. The Labute approximate surface area is 223 Å². The maximum absolute atomic E-state index is 6.04. The van der Waals surface area contributed by atoms with Crippen LogP contribution in [0.4, 0.5) is 0 Å². The molecule has 0 saturated heterocycles. The zero-order valence-corrected chi connectivity index (χ0v) is 21.9. The number of aromatic nitrogens is 2. The summed E-state index contributed by atoms with van der Waals surface area (Å²) >= 11 is 0. The molecule has 194 valence electrons. The van der Waals surface area contributed by atoms with Gasteiger partial charge >= 0.3 is 0 Å². The molecule has 0 N–H and O–H groups in total. The molecule has 0 fully saturated rings. The Balaban J connectivity index is 1.23.